The zero-order valence-electron chi connectivity index (χ0n) is 10.4. The van der Waals surface area contributed by atoms with Crippen LogP contribution in [0.3, 0.4) is 0 Å². The van der Waals surface area contributed by atoms with Crippen LogP contribution in [0.15, 0.2) is 24.3 Å². The average molecular weight is 242 g/mol. The molecule has 4 nitrogen and oxygen atoms in total. The fraction of sp³-hybridized carbons (Fsp3) is 0.357. The summed E-state index contributed by atoms with van der Waals surface area (Å²) in [5.74, 6) is -0.258. The highest BCUT2D eigenvalue weighted by molar-refractivity contribution is 6.05. The third-order valence-corrected chi connectivity index (χ3v) is 3.14. The predicted octanol–water partition coefficient (Wildman–Crippen LogP) is 1.84. The summed E-state index contributed by atoms with van der Waals surface area (Å²) >= 11 is 0. The normalized spacial score (nSPS) is 17.9. The van der Waals surface area contributed by atoms with Gasteiger partial charge in [0.05, 0.1) is 23.6 Å². The van der Waals surface area contributed by atoms with Crippen molar-refractivity contribution < 1.29 is 9.59 Å². The van der Waals surface area contributed by atoms with Gasteiger partial charge in [-0.1, -0.05) is 26.0 Å². The highest BCUT2D eigenvalue weighted by atomic mass is 16.2. The van der Waals surface area contributed by atoms with Gasteiger partial charge in [-0.05, 0) is 17.7 Å². The number of hydrogen-bond acceptors (Lipinski definition) is 3. The highest BCUT2D eigenvalue weighted by Gasteiger charge is 2.44. The van der Waals surface area contributed by atoms with Crippen LogP contribution in [-0.4, -0.2) is 16.7 Å². The maximum Gasteiger partial charge on any atom is 0.235 e. The van der Waals surface area contributed by atoms with Crippen LogP contribution in [0.25, 0.3) is 0 Å². The quantitative estimate of drug-likeness (QED) is 0.743. The summed E-state index contributed by atoms with van der Waals surface area (Å²) in [6, 6.07) is 8.94. The highest BCUT2D eigenvalue weighted by Crippen LogP contribution is 2.32. The van der Waals surface area contributed by atoms with Crippen LogP contribution in [0, 0.1) is 16.7 Å². The fourth-order valence-electron chi connectivity index (χ4n) is 2.05. The fourth-order valence-corrected chi connectivity index (χ4v) is 2.05. The Morgan fingerprint density at radius 2 is 1.89 bits per heavy atom. The minimum Gasteiger partial charge on any atom is -0.278 e. The Labute approximate surface area is 106 Å². The molecule has 4 heteroatoms. The number of benzene rings is 1. The van der Waals surface area contributed by atoms with Crippen molar-refractivity contribution in [2.75, 3.05) is 0 Å². The Kier molecular flexibility index (Phi) is 2.92. The Morgan fingerprint density at radius 3 is 2.33 bits per heavy atom. The molecule has 2 amide bonds. The molecule has 2 rings (SSSR count). The molecule has 1 heterocycles. The van der Waals surface area contributed by atoms with Crippen molar-refractivity contribution in [2.45, 2.75) is 26.8 Å². The van der Waals surface area contributed by atoms with Crippen LogP contribution in [0.1, 0.15) is 31.4 Å². The lowest BCUT2D eigenvalue weighted by Gasteiger charge is -2.17. The van der Waals surface area contributed by atoms with E-state index in [1.165, 1.54) is 4.90 Å². The second kappa shape index (κ2) is 4.26. The molecule has 0 spiro atoms. The number of carbonyl (C=O) groups is 2. The molecule has 1 fully saturated rings. The maximum atomic E-state index is 12.0. The summed E-state index contributed by atoms with van der Waals surface area (Å²) in [6.07, 6.45) is 0.266. The molecule has 1 aliphatic rings. The topological polar surface area (TPSA) is 61.2 Å². The minimum absolute atomic E-state index is 0.128. The van der Waals surface area contributed by atoms with Gasteiger partial charge >= 0.3 is 0 Å². The molecule has 0 atom stereocenters. The molecular weight excluding hydrogens is 228 g/mol. The second-order valence-electron chi connectivity index (χ2n) is 5.15. The molecule has 0 saturated carbocycles. The first-order valence-corrected chi connectivity index (χ1v) is 5.78. The molecule has 0 bridgehead atoms. The lowest BCUT2D eigenvalue weighted by molar-refractivity contribution is -0.141. The van der Waals surface area contributed by atoms with E-state index in [0.717, 1.165) is 5.56 Å². The number of nitriles is 1. The summed E-state index contributed by atoms with van der Waals surface area (Å²) in [4.78, 5) is 25.1. The summed E-state index contributed by atoms with van der Waals surface area (Å²) < 4.78 is 0. The molecular formula is C14H14N2O2. The first-order chi connectivity index (χ1) is 8.44. The van der Waals surface area contributed by atoms with Gasteiger partial charge in [-0.2, -0.15) is 5.26 Å². The number of amides is 2. The molecule has 0 radical (unpaired) electrons. The van der Waals surface area contributed by atoms with Gasteiger partial charge in [0.25, 0.3) is 0 Å². The van der Waals surface area contributed by atoms with Crippen molar-refractivity contribution in [3.05, 3.63) is 35.4 Å². The van der Waals surface area contributed by atoms with E-state index < -0.39 is 5.41 Å². The van der Waals surface area contributed by atoms with E-state index in [1.54, 1.807) is 38.1 Å². The van der Waals surface area contributed by atoms with Crippen LogP contribution in [-0.2, 0) is 16.1 Å². The molecule has 0 N–H and O–H groups in total. The summed E-state index contributed by atoms with van der Waals surface area (Å²) in [5.41, 5.74) is 0.829. The Balaban J connectivity index is 2.17. The summed E-state index contributed by atoms with van der Waals surface area (Å²) in [7, 11) is 0. The van der Waals surface area contributed by atoms with E-state index >= 15 is 0 Å². The third-order valence-electron chi connectivity index (χ3n) is 3.14. The van der Waals surface area contributed by atoms with Crippen molar-refractivity contribution >= 4 is 11.8 Å². The monoisotopic (exact) mass is 242 g/mol. The van der Waals surface area contributed by atoms with Gasteiger partial charge in [-0.15, -0.1) is 0 Å². The SMILES string of the molecule is CC1(C)CC(=O)N(Cc2ccc(C#N)cc2)C1=O. The molecule has 1 saturated heterocycles. The zero-order chi connectivity index (χ0) is 13.3. The Morgan fingerprint density at radius 1 is 1.28 bits per heavy atom. The van der Waals surface area contributed by atoms with Gasteiger partial charge in [0.2, 0.25) is 11.8 Å². The van der Waals surface area contributed by atoms with E-state index in [2.05, 4.69) is 0 Å². The Bertz CT molecular complexity index is 538. The second-order valence-corrected chi connectivity index (χ2v) is 5.15. The summed E-state index contributed by atoms with van der Waals surface area (Å²) in [6.45, 7) is 3.85. The van der Waals surface area contributed by atoms with Crippen molar-refractivity contribution in [1.82, 2.24) is 4.90 Å². The minimum atomic E-state index is -0.594. The van der Waals surface area contributed by atoms with Crippen LogP contribution < -0.4 is 0 Å². The molecule has 92 valence electrons. The average Bonchev–Trinajstić information content (AvgIpc) is 2.52. The van der Waals surface area contributed by atoms with E-state index in [4.69, 9.17) is 5.26 Å². The molecule has 0 aromatic heterocycles. The molecule has 1 aromatic rings. The third kappa shape index (κ3) is 2.12. The van der Waals surface area contributed by atoms with Crippen molar-refractivity contribution in [1.29, 1.82) is 5.26 Å². The van der Waals surface area contributed by atoms with Crippen LogP contribution in [0.5, 0.6) is 0 Å². The van der Waals surface area contributed by atoms with Gasteiger partial charge in [0, 0.05) is 6.42 Å². The standard InChI is InChI=1S/C14H14N2O2/c1-14(2)7-12(17)16(13(14)18)9-11-5-3-10(8-15)4-6-11/h3-6H,7,9H2,1-2H3. The number of imide groups is 1. The van der Waals surface area contributed by atoms with E-state index in [1.807, 2.05) is 6.07 Å². The van der Waals surface area contributed by atoms with Gasteiger partial charge in [0.15, 0.2) is 0 Å². The first kappa shape index (κ1) is 12.3. The lowest BCUT2D eigenvalue weighted by atomic mass is 9.92. The predicted molar refractivity (Wildman–Crippen MR) is 65.1 cm³/mol. The van der Waals surface area contributed by atoms with Crippen LogP contribution >= 0.6 is 0 Å². The number of nitrogens with zero attached hydrogens (tertiary/aromatic N) is 2. The van der Waals surface area contributed by atoms with Gasteiger partial charge in [-0.3, -0.25) is 14.5 Å². The van der Waals surface area contributed by atoms with Crippen LogP contribution in [0.2, 0.25) is 0 Å². The molecule has 0 aliphatic carbocycles. The number of likely N-dealkylation sites (tertiary alicyclic amines) is 1. The van der Waals surface area contributed by atoms with Gasteiger partial charge in [-0.25, -0.2) is 0 Å². The van der Waals surface area contributed by atoms with E-state index in [-0.39, 0.29) is 24.8 Å². The van der Waals surface area contributed by atoms with Crippen molar-refractivity contribution in [2.24, 2.45) is 5.41 Å². The van der Waals surface area contributed by atoms with Crippen molar-refractivity contribution in [3.8, 4) is 6.07 Å². The van der Waals surface area contributed by atoms with Gasteiger partial charge in [0.1, 0.15) is 0 Å². The molecule has 1 aliphatic heterocycles. The molecule has 18 heavy (non-hydrogen) atoms. The number of rotatable bonds is 2. The van der Waals surface area contributed by atoms with Gasteiger partial charge < -0.3 is 0 Å². The molecule has 1 aromatic carbocycles. The van der Waals surface area contributed by atoms with Crippen LogP contribution in [0.4, 0.5) is 0 Å². The maximum absolute atomic E-state index is 12.0. The lowest BCUT2D eigenvalue weighted by Crippen LogP contribution is -2.32. The number of hydrogen-bond donors (Lipinski definition) is 0. The largest absolute Gasteiger partial charge is 0.278 e. The molecule has 0 unspecified atom stereocenters. The first-order valence-electron chi connectivity index (χ1n) is 5.78. The zero-order valence-corrected chi connectivity index (χ0v) is 10.4. The Hall–Kier alpha value is -2.15. The summed E-state index contributed by atoms with van der Waals surface area (Å²) in [5, 5.41) is 8.70. The van der Waals surface area contributed by atoms with Crippen molar-refractivity contribution in [3.63, 3.8) is 0 Å². The number of carbonyl (C=O) groups excluding carboxylic acids is 2. The van der Waals surface area contributed by atoms with E-state index in [0.29, 0.717) is 5.56 Å². The van der Waals surface area contributed by atoms with E-state index in [9.17, 15) is 9.59 Å². The smallest absolute Gasteiger partial charge is 0.235 e.